The molecule has 11 heteroatoms. The van der Waals surface area contributed by atoms with Crippen LogP contribution in [-0.4, -0.2) is 56.0 Å². The first kappa shape index (κ1) is 24.3. The van der Waals surface area contributed by atoms with Gasteiger partial charge < -0.3 is 20.0 Å². The van der Waals surface area contributed by atoms with Crippen molar-refractivity contribution in [1.82, 2.24) is 30.4 Å². The van der Waals surface area contributed by atoms with Crippen molar-refractivity contribution in [2.24, 2.45) is 0 Å². The summed E-state index contributed by atoms with van der Waals surface area (Å²) in [4.78, 5) is 34.7. The van der Waals surface area contributed by atoms with E-state index in [1.54, 1.807) is 41.4 Å². The quantitative estimate of drug-likeness (QED) is 0.274. The van der Waals surface area contributed by atoms with E-state index in [2.05, 4.69) is 37.4 Å². The average molecular weight is 526 g/mol. The zero-order valence-corrected chi connectivity index (χ0v) is 20.8. The number of hydrogen-bond acceptors (Lipinski definition) is 7. The molecule has 1 fully saturated rings. The largest absolute Gasteiger partial charge is 0.443 e. The van der Waals surface area contributed by atoms with Crippen molar-refractivity contribution in [2.75, 3.05) is 18.4 Å². The number of rotatable bonds is 7. The van der Waals surface area contributed by atoms with Crippen LogP contribution in [0.15, 0.2) is 72.1 Å². The average Bonchev–Trinajstić information content (AvgIpc) is 3.71. The molecule has 1 aliphatic rings. The van der Waals surface area contributed by atoms with Crippen molar-refractivity contribution < 1.29 is 18.4 Å². The van der Waals surface area contributed by atoms with Gasteiger partial charge >= 0.3 is 0 Å². The molecule has 196 valence electrons. The van der Waals surface area contributed by atoms with E-state index in [0.717, 1.165) is 17.4 Å². The summed E-state index contributed by atoms with van der Waals surface area (Å²) in [6.45, 7) is 4.75. The molecular weight excluding hydrogens is 501 g/mol. The number of anilines is 1. The number of aromatic nitrogens is 4. The normalized spacial score (nSPS) is 15.1. The number of pyridine rings is 1. The van der Waals surface area contributed by atoms with E-state index in [4.69, 9.17) is 4.42 Å². The Kier molecular flexibility index (Phi) is 6.23. The molecule has 1 aliphatic heterocycles. The fourth-order valence-electron chi connectivity index (χ4n) is 4.83. The van der Waals surface area contributed by atoms with Gasteiger partial charge in [-0.25, -0.2) is 14.4 Å². The number of nitrogens with zero attached hydrogens (tertiary/aromatic N) is 4. The highest BCUT2D eigenvalue weighted by Gasteiger charge is 2.26. The van der Waals surface area contributed by atoms with Gasteiger partial charge in [-0.15, -0.1) is 0 Å². The number of H-pyrrole nitrogens is 1. The maximum Gasteiger partial charge on any atom is 0.251 e. The van der Waals surface area contributed by atoms with Gasteiger partial charge in [0.1, 0.15) is 11.3 Å². The predicted molar refractivity (Wildman–Crippen MR) is 143 cm³/mol. The zero-order valence-electron chi connectivity index (χ0n) is 20.8. The van der Waals surface area contributed by atoms with Crippen LogP contribution in [-0.2, 0) is 11.3 Å². The van der Waals surface area contributed by atoms with Crippen molar-refractivity contribution in [3.8, 4) is 11.1 Å². The van der Waals surface area contributed by atoms with Crippen LogP contribution in [0, 0.1) is 5.82 Å². The van der Waals surface area contributed by atoms with Crippen molar-refractivity contribution in [3.63, 3.8) is 0 Å². The van der Waals surface area contributed by atoms with E-state index in [1.165, 1.54) is 18.5 Å². The molecule has 1 saturated heterocycles. The highest BCUT2D eigenvalue weighted by molar-refractivity contribution is 6.00. The number of carbonyl (C=O) groups excluding carboxylic acids is 2. The van der Waals surface area contributed by atoms with Crippen molar-refractivity contribution >= 4 is 39.8 Å². The van der Waals surface area contributed by atoms with Crippen LogP contribution in [0.5, 0.6) is 0 Å². The fraction of sp³-hybridized carbons (Fsp3) is 0.179. The lowest BCUT2D eigenvalue weighted by Crippen LogP contribution is -2.30. The van der Waals surface area contributed by atoms with Crippen LogP contribution >= 0.6 is 0 Å². The van der Waals surface area contributed by atoms with E-state index < -0.39 is 5.82 Å². The van der Waals surface area contributed by atoms with E-state index in [1.807, 2.05) is 6.07 Å². The summed E-state index contributed by atoms with van der Waals surface area (Å²) >= 11 is 0. The lowest BCUT2D eigenvalue weighted by Gasteiger charge is -2.15. The monoisotopic (exact) mass is 525 g/mol. The summed E-state index contributed by atoms with van der Waals surface area (Å²) in [7, 11) is 0. The number of aromatic amines is 1. The Morgan fingerprint density at radius 2 is 2.10 bits per heavy atom. The summed E-state index contributed by atoms with van der Waals surface area (Å²) < 4.78 is 20.4. The molecule has 0 bridgehead atoms. The molecule has 2 aromatic carbocycles. The second kappa shape index (κ2) is 10.0. The Labute approximate surface area is 221 Å². The third-order valence-electron chi connectivity index (χ3n) is 6.87. The third-order valence-corrected chi connectivity index (χ3v) is 6.87. The molecule has 39 heavy (non-hydrogen) atoms. The minimum atomic E-state index is -0.447. The van der Waals surface area contributed by atoms with Gasteiger partial charge in [-0.2, -0.15) is 5.10 Å². The first-order valence-corrected chi connectivity index (χ1v) is 12.4. The summed E-state index contributed by atoms with van der Waals surface area (Å²) in [5.41, 5.74) is 3.88. The van der Waals surface area contributed by atoms with Crippen LogP contribution in [0.25, 0.3) is 33.3 Å². The molecule has 2 amide bonds. The Morgan fingerprint density at radius 1 is 1.21 bits per heavy atom. The Hall–Kier alpha value is -5.06. The molecular formula is C28H24FN7O3. The smallest absolute Gasteiger partial charge is 0.251 e. The SMILES string of the molecule is C=CC(=O)N1CC[C@@H](Nc2n[nH]c3nccc(-c4ccc(CNC(=O)c5ccc6ocnc6c5)c(F)c4)c23)C1. The number of halogens is 1. The predicted octanol–water partition coefficient (Wildman–Crippen LogP) is 4.03. The van der Waals surface area contributed by atoms with Gasteiger partial charge in [-0.05, 0) is 54.0 Å². The van der Waals surface area contributed by atoms with Crippen LogP contribution in [0.4, 0.5) is 10.2 Å². The maximum absolute atomic E-state index is 15.2. The van der Waals surface area contributed by atoms with Crippen LogP contribution in [0.2, 0.25) is 0 Å². The molecule has 5 aromatic rings. The number of nitrogens with one attached hydrogen (secondary N) is 3. The van der Waals surface area contributed by atoms with Crippen LogP contribution < -0.4 is 10.6 Å². The first-order valence-electron chi connectivity index (χ1n) is 12.4. The van der Waals surface area contributed by atoms with Crippen molar-refractivity contribution in [1.29, 1.82) is 0 Å². The van der Waals surface area contributed by atoms with Crippen LogP contribution in [0.1, 0.15) is 22.3 Å². The molecule has 0 saturated carbocycles. The number of hydrogen-bond donors (Lipinski definition) is 3. The standard InChI is InChI=1S/C28H24FN7O3/c1-2-24(37)36-10-8-19(14-36)33-27-25-20(7-9-30-26(25)34-35-27)16-3-4-18(21(29)11-16)13-31-28(38)17-5-6-23-22(12-17)32-15-39-23/h2-7,9,11-12,15,19H,1,8,10,13-14H2,(H,31,38)(H2,30,33,34,35)/t19-/m1/s1. The summed E-state index contributed by atoms with van der Waals surface area (Å²) in [6, 6.07) is 11.6. The van der Waals surface area contributed by atoms with Crippen LogP contribution in [0.3, 0.4) is 0 Å². The number of fused-ring (bicyclic) bond motifs is 2. The van der Waals surface area contributed by atoms with Crippen molar-refractivity contribution in [3.05, 3.63) is 84.7 Å². The van der Waals surface area contributed by atoms with E-state index >= 15 is 4.39 Å². The van der Waals surface area contributed by atoms with Gasteiger partial charge in [0.2, 0.25) is 5.91 Å². The third kappa shape index (κ3) is 4.70. The Bertz CT molecular complexity index is 1730. The lowest BCUT2D eigenvalue weighted by molar-refractivity contribution is -0.125. The summed E-state index contributed by atoms with van der Waals surface area (Å²) in [5, 5.41) is 14.2. The molecule has 0 aliphatic carbocycles. The van der Waals surface area contributed by atoms with Gasteiger partial charge in [0.25, 0.3) is 5.91 Å². The van der Waals surface area contributed by atoms with E-state index in [-0.39, 0.29) is 24.4 Å². The number of amides is 2. The molecule has 0 spiro atoms. The topological polar surface area (TPSA) is 129 Å². The van der Waals surface area contributed by atoms with Gasteiger partial charge in [-0.1, -0.05) is 18.7 Å². The minimum absolute atomic E-state index is 0.0150. The molecule has 0 unspecified atom stereocenters. The molecule has 3 N–H and O–H groups in total. The fourth-order valence-corrected chi connectivity index (χ4v) is 4.83. The minimum Gasteiger partial charge on any atom is -0.443 e. The number of likely N-dealkylation sites (tertiary alicyclic amines) is 1. The van der Waals surface area contributed by atoms with Crippen molar-refractivity contribution in [2.45, 2.75) is 19.0 Å². The molecule has 0 radical (unpaired) electrons. The van der Waals surface area contributed by atoms with Gasteiger partial charge in [0.15, 0.2) is 23.4 Å². The lowest BCUT2D eigenvalue weighted by atomic mass is 10.0. The molecule has 1 atom stereocenters. The van der Waals surface area contributed by atoms with Gasteiger partial charge in [0, 0.05) is 43.0 Å². The summed E-state index contributed by atoms with van der Waals surface area (Å²) in [6.07, 6.45) is 5.04. The van der Waals surface area contributed by atoms with E-state index in [9.17, 15) is 9.59 Å². The number of carbonyl (C=O) groups is 2. The maximum atomic E-state index is 15.2. The summed E-state index contributed by atoms with van der Waals surface area (Å²) in [5.74, 6) is -0.297. The Balaban J connectivity index is 1.20. The molecule has 4 heterocycles. The number of benzene rings is 2. The van der Waals surface area contributed by atoms with Gasteiger partial charge in [-0.3, -0.25) is 14.7 Å². The molecule has 3 aromatic heterocycles. The molecule has 6 rings (SSSR count). The van der Waals surface area contributed by atoms with Gasteiger partial charge in [0.05, 0.1) is 5.39 Å². The second-order valence-electron chi connectivity index (χ2n) is 9.30. The molecule has 10 nitrogen and oxygen atoms in total. The highest BCUT2D eigenvalue weighted by atomic mass is 19.1. The Morgan fingerprint density at radius 3 is 2.95 bits per heavy atom. The second-order valence-corrected chi connectivity index (χ2v) is 9.30. The van der Waals surface area contributed by atoms with E-state index in [0.29, 0.717) is 52.3 Å². The first-order chi connectivity index (χ1) is 19.0. The zero-order chi connectivity index (χ0) is 26.9. The number of oxazole rings is 1. The highest BCUT2D eigenvalue weighted by Crippen LogP contribution is 2.33.